The number of nitrogens with zero attached hydrogens (tertiary/aromatic N) is 2. The molecule has 0 saturated carbocycles. The normalized spacial score (nSPS) is 11.6. The van der Waals surface area contributed by atoms with Gasteiger partial charge in [-0.2, -0.15) is 0 Å². The van der Waals surface area contributed by atoms with E-state index in [0.29, 0.717) is 23.4 Å². The van der Waals surface area contributed by atoms with Gasteiger partial charge in [0.25, 0.3) is 5.91 Å². The summed E-state index contributed by atoms with van der Waals surface area (Å²) in [6.07, 6.45) is 3.35. The third-order valence-corrected chi connectivity index (χ3v) is 4.67. The maximum absolute atomic E-state index is 12.8. The molecular weight excluding hydrogens is 340 g/mol. The highest BCUT2D eigenvalue weighted by Gasteiger charge is 2.19. The van der Waals surface area contributed by atoms with Crippen LogP contribution in [0.15, 0.2) is 53.6 Å². The van der Waals surface area contributed by atoms with Crippen LogP contribution in [0.1, 0.15) is 29.5 Å². The van der Waals surface area contributed by atoms with E-state index >= 15 is 0 Å². The van der Waals surface area contributed by atoms with E-state index in [2.05, 4.69) is 10.3 Å². The summed E-state index contributed by atoms with van der Waals surface area (Å²) in [5.74, 6) is -0.300. The van der Waals surface area contributed by atoms with Gasteiger partial charge in [0.1, 0.15) is 11.3 Å². The third-order valence-electron chi connectivity index (χ3n) is 3.74. The zero-order valence-corrected chi connectivity index (χ0v) is 14.5. The van der Waals surface area contributed by atoms with Crippen LogP contribution in [0.25, 0.3) is 5.65 Å². The summed E-state index contributed by atoms with van der Waals surface area (Å²) in [6.45, 7) is 2.03. The summed E-state index contributed by atoms with van der Waals surface area (Å²) in [5.41, 5.74) is 2.40. The largest absolute Gasteiger partial charge is 0.321 e. The number of amides is 1. The average Bonchev–Trinajstić information content (AvgIpc) is 2.93. The number of carbonyl (C=O) groups is 1. The predicted molar refractivity (Wildman–Crippen MR) is 95.0 cm³/mol. The summed E-state index contributed by atoms with van der Waals surface area (Å²) < 4.78 is 24.3. The molecule has 130 valence electrons. The van der Waals surface area contributed by atoms with Crippen molar-refractivity contribution in [1.82, 2.24) is 9.38 Å². The zero-order valence-electron chi connectivity index (χ0n) is 13.6. The van der Waals surface area contributed by atoms with Crippen LogP contribution in [0.5, 0.6) is 0 Å². The maximum Gasteiger partial charge on any atom is 0.274 e. The Balaban J connectivity index is 1.93. The fourth-order valence-corrected chi connectivity index (χ4v) is 3.13. The number of carbonyl (C=O) groups excluding carboxylic acids is 1. The van der Waals surface area contributed by atoms with Gasteiger partial charge >= 0.3 is 0 Å². The standard InChI is InChI=1S/C17H18N4O3S/c1-2-5-14-16(21-11-4-3-6-15(21)20-14)17(22)19-12-7-9-13(10-8-12)25(18,23)24/h3-4,6-11H,2,5H2,1H3,(H,19,22)(H2,18,23,24). The molecule has 1 aromatic carbocycles. The second-order valence-corrected chi connectivity index (χ2v) is 7.17. The number of anilines is 1. The first kappa shape index (κ1) is 17.1. The third kappa shape index (κ3) is 3.54. The lowest BCUT2D eigenvalue weighted by molar-refractivity contribution is 0.102. The minimum absolute atomic E-state index is 0.00743. The number of pyridine rings is 1. The van der Waals surface area contributed by atoms with E-state index in [1.165, 1.54) is 24.3 Å². The molecule has 3 aromatic rings. The molecule has 0 aliphatic heterocycles. The fourth-order valence-electron chi connectivity index (χ4n) is 2.61. The number of rotatable bonds is 5. The summed E-state index contributed by atoms with van der Waals surface area (Å²) in [7, 11) is -3.76. The Morgan fingerprint density at radius 3 is 2.56 bits per heavy atom. The summed E-state index contributed by atoms with van der Waals surface area (Å²) in [5, 5.41) is 7.85. The minimum atomic E-state index is -3.76. The van der Waals surface area contributed by atoms with Gasteiger partial charge < -0.3 is 5.32 Å². The van der Waals surface area contributed by atoms with Crippen LogP contribution in [-0.4, -0.2) is 23.7 Å². The molecule has 0 atom stereocenters. The summed E-state index contributed by atoms with van der Waals surface area (Å²) in [4.78, 5) is 17.3. The van der Waals surface area contributed by atoms with Crippen molar-refractivity contribution in [3.05, 3.63) is 60.0 Å². The predicted octanol–water partition coefficient (Wildman–Crippen LogP) is 2.19. The SMILES string of the molecule is CCCc1nc2ccccn2c1C(=O)Nc1ccc(S(N)(=O)=O)cc1. The monoisotopic (exact) mass is 358 g/mol. The molecule has 0 aliphatic carbocycles. The number of aryl methyl sites for hydroxylation is 1. The number of nitrogens with one attached hydrogen (secondary N) is 1. The fraction of sp³-hybridized carbons (Fsp3) is 0.176. The Bertz CT molecular complexity index is 1020. The molecule has 0 spiro atoms. The van der Waals surface area contributed by atoms with Crippen LogP contribution in [0, 0.1) is 0 Å². The van der Waals surface area contributed by atoms with Gasteiger partial charge in [-0.05, 0) is 42.8 Å². The quantitative estimate of drug-likeness (QED) is 0.729. The van der Waals surface area contributed by atoms with Crippen molar-refractivity contribution in [2.24, 2.45) is 5.14 Å². The number of nitrogens with two attached hydrogens (primary N) is 1. The molecule has 25 heavy (non-hydrogen) atoms. The Kier molecular flexibility index (Phi) is 4.56. The number of hydrogen-bond donors (Lipinski definition) is 2. The number of hydrogen-bond acceptors (Lipinski definition) is 4. The second kappa shape index (κ2) is 6.66. The lowest BCUT2D eigenvalue weighted by atomic mass is 10.2. The Labute approximate surface area is 145 Å². The number of fused-ring (bicyclic) bond motifs is 1. The van der Waals surface area contributed by atoms with Crippen LogP contribution in [0.3, 0.4) is 0 Å². The number of benzene rings is 1. The van der Waals surface area contributed by atoms with Gasteiger partial charge in [-0.15, -0.1) is 0 Å². The van der Waals surface area contributed by atoms with E-state index in [1.54, 1.807) is 10.6 Å². The number of aromatic nitrogens is 2. The van der Waals surface area contributed by atoms with E-state index in [4.69, 9.17) is 5.14 Å². The number of primary sulfonamides is 1. The lowest BCUT2D eigenvalue weighted by Gasteiger charge is -2.07. The van der Waals surface area contributed by atoms with Gasteiger partial charge in [0.15, 0.2) is 0 Å². The van der Waals surface area contributed by atoms with E-state index in [1.807, 2.05) is 25.1 Å². The highest BCUT2D eigenvalue weighted by Crippen LogP contribution is 2.18. The molecule has 0 bridgehead atoms. The molecule has 3 N–H and O–H groups in total. The van der Waals surface area contributed by atoms with E-state index < -0.39 is 10.0 Å². The molecule has 8 heteroatoms. The van der Waals surface area contributed by atoms with Crippen LogP contribution in [-0.2, 0) is 16.4 Å². The van der Waals surface area contributed by atoms with Crippen LogP contribution in [0.2, 0.25) is 0 Å². The van der Waals surface area contributed by atoms with Crippen molar-refractivity contribution < 1.29 is 13.2 Å². The first-order valence-electron chi connectivity index (χ1n) is 7.80. The molecule has 0 saturated heterocycles. The Hall–Kier alpha value is -2.71. The van der Waals surface area contributed by atoms with Crippen molar-refractivity contribution in [3.8, 4) is 0 Å². The smallest absolute Gasteiger partial charge is 0.274 e. The summed E-state index contributed by atoms with van der Waals surface area (Å²) in [6, 6.07) is 11.3. The van der Waals surface area contributed by atoms with E-state index in [9.17, 15) is 13.2 Å². The van der Waals surface area contributed by atoms with E-state index in [-0.39, 0.29) is 10.8 Å². The molecule has 0 radical (unpaired) electrons. The molecule has 3 rings (SSSR count). The highest BCUT2D eigenvalue weighted by molar-refractivity contribution is 7.89. The maximum atomic E-state index is 12.8. The van der Waals surface area contributed by atoms with Gasteiger partial charge in [0.05, 0.1) is 10.6 Å². The first-order valence-corrected chi connectivity index (χ1v) is 9.35. The Morgan fingerprint density at radius 2 is 1.92 bits per heavy atom. The van der Waals surface area contributed by atoms with Gasteiger partial charge in [0.2, 0.25) is 10.0 Å². The van der Waals surface area contributed by atoms with Crippen molar-refractivity contribution in [1.29, 1.82) is 0 Å². The highest BCUT2D eigenvalue weighted by atomic mass is 32.2. The number of imidazole rings is 1. The molecule has 1 amide bonds. The zero-order chi connectivity index (χ0) is 18.0. The second-order valence-electron chi connectivity index (χ2n) is 5.61. The minimum Gasteiger partial charge on any atom is -0.321 e. The van der Waals surface area contributed by atoms with Gasteiger partial charge in [-0.25, -0.2) is 18.5 Å². The number of sulfonamides is 1. The molecular formula is C17H18N4O3S. The van der Waals surface area contributed by atoms with Crippen LogP contribution < -0.4 is 10.5 Å². The molecule has 0 unspecified atom stereocenters. The lowest BCUT2D eigenvalue weighted by Crippen LogP contribution is -2.17. The van der Waals surface area contributed by atoms with Gasteiger partial charge in [0, 0.05) is 11.9 Å². The molecule has 0 fully saturated rings. The summed E-state index contributed by atoms with van der Waals surface area (Å²) >= 11 is 0. The van der Waals surface area contributed by atoms with Crippen LogP contribution in [0.4, 0.5) is 5.69 Å². The first-order chi connectivity index (χ1) is 11.9. The molecule has 7 nitrogen and oxygen atoms in total. The molecule has 2 aromatic heterocycles. The van der Waals surface area contributed by atoms with Crippen molar-refractivity contribution in [3.63, 3.8) is 0 Å². The van der Waals surface area contributed by atoms with Gasteiger partial charge in [-0.1, -0.05) is 19.4 Å². The Morgan fingerprint density at radius 1 is 1.20 bits per heavy atom. The van der Waals surface area contributed by atoms with Crippen LogP contribution >= 0.6 is 0 Å². The molecule has 2 heterocycles. The van der Waals surface area contributed by atoms with E-state index in [0.717, 1.165) is 12.1 Å². The van der Waals surface area contributed by atoms with Crippen molar-refractivity contribution >= 4 is 27.3 Å². The molecule has 0 aliphatic rings. The van der Waals surface area contributed by atoms with Crippen molar-refractivity contribution in [2.75, 3.05) is 5.32 Å². The topological polar surface area (TPSA) is 107 Å². The average molecular weight is 358 g/mol. The van der Waals surface area contributed by atoms with Crippen molar-refractivity contribution in [2.45, 2.75) is 24.7 Å². The van der Waals surface area contributed by atoms with Gasteiger partial charge in [-0.3, -0.25) is 9.20 Å².